The van der Waals surface area contributed by atoms with Crippen LogP contribution in [-0.4, -0.2) is 16.8 Å². The van der Waals surface area contributed by atoms with E-state index in [0.29, 0.717) is 6.04 Å². The van der Waals surface area contributed by atoms with E-state index >= 15 is 0 Å². The molecule has 0 unspecified atom stereocenters. The van der Waals surface area contributed by atoms with E-state index in [4.69, 9.17) is 5.73 Å². The molecule has 1 heterocycles. The van der Waals surface area contributed by atoms with Gasteiger partial charge < -0.3 is 10.3 Å². The second-order valence-corrected chi connectivity index (χ2v) is 4.37. The summed E-state index contributed by atoms with van der Waals surface area (Å²) < 4.78 is 2.21. The molecule has 0 saturated carbocycles. The van der Waals surface area contributed by atoms with Gasteiger partial charge >= 0.3 is 6.03 Å². The molecule has 2 aromatic rings. The van der Waals surface area contributed by atoms with Gasteiger partial charge in [0.05, 0.1) is 6.21 Å². The summed E-state index contributed by atoms with van der Waals surface area (Å²) in [5.74, 6) is 0. The topological polar surface area (TPSA) is 72.4 Å². The van der Waals surface area contributed by atoms with Crippen molar-refractivity contribution in [2.75, 3.05) is 0 Å². The normalized spacial score (nSPS) is 11.5. The van der Waals surface area contributed by atoms with Gasteiger partial charge in [0.2, 0.25) is 0 Å². The van der Waals surface area contributed by atoms with E-state index in [1.165, 1.54) is 5.52 Å². The van der Waals surface area contributed by atoms with E-state index in [-0.39, 0.29) is 0 Å². The van der Waals surface area contributed by atoms with Crippen LogP contribution in [-0.2, 0) is 0 Å². The van der Waals surface area contributed by atoms with Crippen molar-refractivity contribution in [1.29, 1.82) is 0 Å². The van der Waals surface area contributed by atoms with E-state index in [9.17, 15) is 4.79 Å². The minimum atomic E-state index is -0.668. The van der Waals surface area contributed by atoms with Gasteiger partial charge in [0.25, 0.3) is 0 Å². The van der Waals surface area contributed by atoms with E-state index in [0.717, 1.165) is 10.9 Å². The quantitative estimate of drug-likeness (QED) is 0.630. The van der Waals surface area contributed by atoms with Crippen molar-refractivity contribution in [2.24, 2.45) is 10.8 Å². The molecule has 0 atom stereocenters. The number of nitrogens with two attached hydrogens (primary N) is 1. The monoisotopic (exact) mass is 244 g/mol. The molecule has 0 aliphatic carbocycles. The summed E-state index contributed by atoms with van der Waals surface area (Å²) in [7, 11) is 0. The molecule has 5 nitrogen and oxygen atoms in total. The summed E-state index contributed by atoms with van der Waals surface area (Å²) in [5.41, 5.74) is 9.19. The Balaban J connectivity index is 2.29. The van der Waals surface area contributed by atoms with Gasteiger partial charge in [0.1, 0.15) is 0 Å². The largest absolute Gasteiger partial charge is 0.350 e. The van der Waals surface area contributed by atoms with Gasteiger partial charge in [-0.15, -0.1) is 0 Å². The van der Waals surface area contributed by atoms with Crippen LogP contribution >= 0.6 is 0 Å². The lowest BCUT2D eigenvalue weighted by molar-refractivity contribution is 0.249. The molecule has 94 valence electrons. The van der Waals surface area contributed by atoms with E-state index in [2.05, 4.69) is 41.2 Å². The van der Waals surface area contributed by atoms with E-state index in [1.807, 2.05) is 18.2 Å². The maximum absolute atomic E-state index is 10.5. The van der Waals surface area contributed by atoms with Crippen LogP contribution in [0.25, 0.3) is 10.9 Å². The Kier molecular flexibility index (Phi) is 3.32. The molecule has 0 saturated heterocycles. The first-order valence-electron chi connectivity index (χ1n) is 5.77. The minimum Gasteiger partial charge on any atom is -0.350 e. The zero-order valence-electron chi connectivity index (χ0n) is 10.4. The Morgan fingerprint density at radius 2 is 2.22 bits per heavy atom. The molecule has 3 N–H and O–H groups in total. The van der Waals surface area contributed by atoms with Crippen molar-refractivity contribution in [1.82, 2.24) is 9.99 Å². The molecule has 5 heteroatoms. The number of carbonyl (C=O) groups is 1. The molecule has 0 aliphatic rings. The number of hydrazone groups is 1. The van der Waals surface area contributed by atoms with Gasteiger partial charge in [0.15, 0.2) is 0 Å². The van der Waals surface area contributed by atoms with Gasteiger partial charge in [-0.05, 0) is 37.6 Å². The molecular formula is C13H16N4O. The highest BCUT2D eigenvalue weighted by atomic mass is 16.2. The number of hydrogen-bond donors (Lipinski definition) is 2. The van der Waals surface area contributed by atoms with Crippen molar-refractivity contribution < 1.29 is 4.79 Å². The molecule has 1 aromatic heterocycles. The number of rotatable bonds is 3. The highest BCUT2D eigenvalue weighted by Gasteiger charge is 2.03. The van der Waals surface area contributed by atoms with Gasteiger partial charge in [-0.2, -0.15) is 5.10 Å². The van der Waals surface area contributed by atoms with Gasteiger partial charge in [-0.3, -0.25) is 0 Å². The van der Waals surface area contributed by atoms with Gasteiger partial charge in [-0.25, -0.2) is 10.2 Å². The lowest BCUT2D eigenvalue weighted by atomic mass is 10.2. The number of aromatic nitrogens is 1. The lowest BCUT2D eigenvalue weighted by Crippen LogP contribution is -2.24. The van der Waals surface area contributed by atoms with Crippen LogP contribution in [0.4, 0.5) is 4.79 Å². The summed E-state index contributed by atoms with van der Waals surface area (Å²) in [4.78, 5) is 10.5. The van der Waals surface area contributed by atoms with Gasteiger partial charge in [0, 0.05) is 23.1 Å². The van der Waals surface area contributed by atoms with Crippen LogP contribution in [0.1, 0.15) is 25.5 Å². The van der Waals surface area contributed by atoms with Crippen LogP contribution in [0.5, 0.6) is 0 Å². The second-order valence-electron chi connectivity index (χ2n) is 4.37. The number of nitrogens with one attached hydrogen (secondary N) is 1. The van der Waals surface area contributed by atoms with Crippen LogP contribution in [0.15, 0.2) is 35.6 Å². The van der Waals surface area contributed by atoms with Crippen LogP contribution in [0.2, 0.25) is 0 Å². The Bertz CT molecular complexity index is 598. The molecule has 0 radical (unpaired) electrons. The third-order valence-electron chi connectivity index (χ3n) is 2.69. The number of nitrogens with zero attached hydrogens (tertiary/aromatic N) is 2. The first-order chi connectivity index (χ1) is 8.58. The molecule has 0 spiro atoms. The minimum absolute atomic E-state index is 0.429. The number of primary amides is 1. The number of benzene rings is 1. The summed E-state index contributed by atoms with van der Waals surface area (Å²) in [5, 5.41) is 4.88. The highest BCUT2D eigenvalue weighted by molar-refractivity contribution is 5.89. The first kappa shape index (κ1) is 12.2. The third kappa shape index (κ3) is 2.51. The summed E-state index contributed by atoms with van der Waals surface area (Å²) in [6.45, 7) is 4.29. The van der Waals surface area contributed by atoms with Crippen LogP contribution in [0, 0.1) is 0 Å². The van der Waals surface area contributed by atoms with Crippen LogP contribution in [0.3, 0.4) is 0 Å². The maximum atomic E-state index is 10.5. The Hall–Kier alpha value is -2.30. The number of hydrogen-bond acceptors (Lipinski definition) is 2. The fourth-order valence-electron chi connectivity index (χ4n) is 1.88. The highest BCUT2D eigenvalue weighted by Crippen LogP contribution is 2.20. The van der Waals surface area contributed by atoms with Crippen molar-refractivity contribution in [3.05, 3.63) is 36.0 Å². The molecule has 2 amide bonds. The Morgan fingerprint density at radius 3 is 2.89 bits per heavy atom. The smallest absolute Gasteiger partial charge is 0.332 e. The van der Waals surface area contributed by atoms with E-state index < -0.39 is 6.03 Å². The number of amides is 2. The fraction of sp³-hybridized carbons (Fsp3) is 0.231. The molecule has 0 aliphatic heterocycles. The summed E-state index contributed by atoms with van der Waals surface area (Å²) in [6, 6.07) is 7.83. The average Bonchev–Trinajstić information content (AvgIpc) is 2.71. The van der Waals surface area contributed by atoms with Crippen molar-refractivity contribution >= 4 is 23.1 Å². The predicted octanol–water partition coefficient (Wildman–Crippen LogP) is 2.22. The summed E-state index contributed by atoms with van der Waals surface area (Å²) in [6.07, 6.45) is 3.63. The number of fused-ring (bicyclic) bond motifs is 1. The average molecular weight is 244 g/mol. The Labute approximate surface area is 105 Å². The number of urea groups is 1. The van der Waals surface area contributed by atoms with Crippen LogP contribution < -0.4 is 11.2 Å². The second kappa shape index (κ2) is 4.91. The Morgan fingerprint density at radius 1 is 1.44 bits per heavy atom. The molecule has 2 rings (SSSR count). The van der Waals surface area contributed by atoms with Crippen molar-refractivity contribution in [2.45, 2.75) is 19.9 Å². The molecule has 0 fully saturated rings. The molecule has 1 aromatic carbocycles. The predicted molar refractivity (Wildman–Crippen MR) is 72.6 cm³/mol. The number of carbonyl (C=O) groups excluding carboxylic acids is 1. The van der Waals surface area contributed by atoms with Crippen molar-refractivity contribution in [3.8, 4) is 0 Å². The third-order valence-corrected chi connectivity index (χ3v) is 2.69. The van der Waals surface area contributed by atoms with E-state index in [1.54, 1.807) is 6.21 Å². The van der Waals surface area contributed by atoms with Crippen molar-refractivity contribution in [3.63, 3.8) is 0 Å². The maximum Gasteiger partial charge on any atom is 0.332 e. The lowest BCUT2D eigenvalue weighted by Gasteiger charge is -2.08. The van der Waals surface area contributed by atoms with Gasteiger partial charge in [-0.1, -0.05) is 6.07 Å². The molecule has 0 bridgehead atoms. The SMILES string of the molecule is CC(C)n1ccc2cc(C=NNC(N)=O)ccc21. The standard InChI is InChI=1S/C13H16N4O/c1-9(2)17-6-5-11-7-10(3-4-12(11)17)8-15-16-13(14)18/h3-9H,1-2H3,(H3,14,16,18). The summed E-state index contributed by atoms with van der Waals surface area (Å²) >= 11 is 0. The zero-order valence-corrected chi connectivity index (χ0v) is 10.4. The fourth-order valence-corrected chi connectivity index (χ4v) is 1.88. The first-order valence-corrected chi connectivity index (χ1v) is 5.77. The molecule has 18 heavy (non-hydrogen) atoms. The molecular weight excluding hydrogens is 228 g/mol. The zero-order chi connectivity index (χ0) is 13.1.